The molecule has 0 aromatic heterocycles. The maximum atomic E-state index is 13.0. The van der Waals surface area contributed by atoms with Gasteiger partial charge in [-0.1, -0.05) is 12.1 Å². The molecule has 0 aliphatic heterocycles. The summed E-state index contributed by atoms with van der Waals surface area (Å²) in [6.07, 6.45) is 0. The second-order valence-corrected chi connectivity index (χ2v) is 3.33. The molecule has 0 saturated carbocycles. The van der Waals surface area contributed by atoms with E-state index in [4.69, 9.17) is 0 Å². The Morgan fingerprint density at radius 1 is 1.31 bits per heavy atom. The third kappa shape index (κ3) is 2.31. The van der Waals surface area contributed by atoms with Crippen LogP contribution in [0.15, 0.2) is 28.9 Å². The van der Waals surface area contributed by atoms with Crippen molar-refractivity contribution in [2.75, 3.05) is 0 Å². The molecule has 0 heterocycles. The zero-order valence-electron chi connectivity index (χ0n) is 7.44. The van der Waals surface area contributed by atoms with Crippen molar-refractivity contribution in [3.05, 3.63) is 35.2 Å². The maximum absolute atomic E-state index is 13.0. The van der Waals surface area contributed by atoms with Crippen molar-refractivity contribution in [3.63, 3.8) is 0 Å². The third-order valence-electron chi connectivity index (χ3n) is 1.77. The Morgan fingerprint density at radius 2 is 1.92 bits per heavy atom. The van der Waals surface area contributed by atoms with Crippen LogP contribution >= 0.6 is 12.6 Å². The van der Waals surface area contributed by atoms with Gasteiger partial charge < -0.3 is 0 Å². The van der Waals surface area contributed by atoms with Crippen LogP contribution in [0.2, 0.25) is 0 Å². The lowest BCUT2D eigenvalue weighted by Gasteiger charge is -2.02. The van der Waals surface area contributed by atoms with E-state index >= 15 is 0 Å². The van der Waals surface area contributed by atoms with E-state index < -0.39 is 11.7 Å². The lowest BCUT2D eigenvalue weighted by Crippen LogP contribution is -1.83. The van der Waals surface area contributed by atoms with E-state index in [0.29, 0.717) is 4.90 Å². The summed E-state index contributed by atoms with van der Waals surface area (Å²) < 4.78 is 25.5. The number of rotatable bonds is 1. The van der Waals surface area contributed by atoms with Crippen molar-refractivity contribution in [1.29, 1.82) is 0 Å². The van der Waals surface area contributed by atoms with Gasteiger partial charge >= 0.3 is 0 Å². The van der Waals surface area contributed by atoms with E-state index in [0.717, 1.165) is 12.5 Å². The molecule has 1 aromatic carbocycles. The van der Waals surface area contributed by atoms with Gasteiger partial charge in [-0.3, -0.25) is 0 Å². The quantitative estimate of drug-likeness (QED) is 0.653. The topological polar surface area (TPSA) is 0 Å². The Labute approximate surface area is 81.7 Å². The zero-order valence-corrected chi connectivity index (χ0v) is 8.33. The van der Waals surface area contributed by atoms with Crippen molar-refractivity contribution in [2.24, 2.45) is 0 Å². The van der Waals surface area contributed by atoms with Crippen LogP contribution < -0.4 is 0 Å². The van der Waals surface area contributed by atoms with E-state index in [9.17, 15) is 8.78 Å². The predicted molar refractivity (Wildman–Crippen MR) is 53.2 cm³/mol. The first kappa shape index (κ1) is 10.3. The highest BCUT2D eigenvalue weighted by Crippen LogP contribution is 2.24. The molecule has 0 fully saturated rings. The highest BCUT2D eigenvalue weighted by atomic mass is 32.1. The molecule has 0 nitrogen and oxygen atoms in total. The van der Waals surface area contributed by atoms with Crippen LogP contribution in [0.1, 0.15) is 18.1 Å². The minimum absolute atomic E-state index is 0.232. The summed E-state index contributed by atoms with van der Waals surface area (Å²) in [5.41, 5.74) is 1.17. The van der Waals surface area contributed by atoms with E-state index in [1.54, 1.807) is 6.07 Å². The van der Waals surface area contributed by atoms with Gasteiger partial charge in [0.2, 0.25) is 0 Å². The lowest BCUT2D eigenvalue weighted by molar-refractivity contribution is 0.606. The van der Waals surface area contributed by atoms with Gasteiger partial charge in [0.25, 0.3) is 0 Å². The van der Waals surface area contributed by atoms with Crippen LogP contribution in [0.5, 0.6) is 0 Å². The molecule has 0 atom stereocenters. The van der Waals surface area contributed by atoms with Gasteiger partial charge in [-0.2, -0.15) is 0 Å². The summed E-state index contributed by atoms with van der Waals surface area (Å²) in [5.74, 6) is -1.63. The molecule has 3 heteroatoms. The Bertz CT molecular complexity index is 352. The lowest BCUT2D eigenvalue weighted by atomic mass is 10.1. The summed E-state index contributed by atoms with van der Waals surface area (Å²) in [6, 6.07) is 4.75. The highest BCUT2D eigenvalue weighted by molar-refractivity contribution is 7.80. The number of thiol groups is 1. The number of hydrogen-bond acceptors (Lipinski definition) is 1. The van der Waals surface area contributed by atoms with Crippen molar-refractivity contribution in [2.45, 2.75) is 18.7 Å². The first-order valence-corrected chi connectivity index (χ1v) is 4.29. The van der Waals surface area contributed by atoms with E-state index in [-0.39, 0.29) is 5.56 Å². The Morgan fingerprint density at radius 3 is 2.38 bits per heavy atom. The van der Waals surface area contributed by atoms with E-state index in [1.807, 2.05) is 6.92 Å². The summed E-state index contributed by atoms with van der Waals surface area (Å²) in [6.45, 7) is 2.95. The number of benzene rings is 1. The summed E-state index contributed by atoms with van der Waals surface area (Å²) in [7, 11) is 0. The van der Waals surface area contributed by atoms with Gasteiger partial charge in [-0.15, -0.1) is 12.6 Å². The Hall–Kier alpha value is -0.830. The van der Waals surface area contributed by atoms with Gasteiger partial charge in [-0.05, 0) is 25.5 Å². The highest BCUT2D eigenvalue weighted by Gasteiger charge is 2.05. The number of hydrogen-bond donors (Lipinski definition) is 1. The molecule has 0 N–H and O–H groups in total. The average molecular weight is 200 g/mol. The first-order valence-electron chi connectivity index (χ1n) is 3.84. The minimum Gasteiger partial charge on any atom is -0.209 e. The summed E-state index contributed by atoms with van der Waals surface area (Å²) >= 11 is 4.12. The van der Waals surface area contributed by atoms with Crippen LogP contribution in [-0.4, -0.2) is 0 Å². The Kier molecular flexibility index (Phi) is 3.09. The molecule has 13 heavy (non-hydrogen) atoms. The number of allylic oxidation sites excluding steroid dienone is 1. The van der Waals surface area contributed by atoms with Gasteiger partial charge in [0, 0.05) is 10.5 Å². The molecule has 0 bridgehead atoms. The van der Waals surface area contributed by atoms with Gasteiger partial charge in [0.15, 0.2) is 5.83 Å². The Balaban J connectivity index is 3.19. The second-order valence-electron chi connectivity index (χ2n) is 2.85. The largest absolute Gasteiger partial charge is 0.209 e. The molecular weight excluding hydrogens is 190 g/mol. The van der Waals surface area contributed by atoms with Gasteiger partial charge in [-0.25, -0.2) is 8.78 Å². The summed E-state index contributed by atoms with van der Waals surface area (Å²) in [4.78, 5) is 0.661. The van der Waals surface area contributed by atoms with Crippen LogP contribution in [0.25, 0.3) is 5.83 Å². The molecular formula is C10H10F2S. The smallest absolute Gasteiger partial charge is 0.161 e. The maximum Gasteiger partial charge on any atom is 0.161 e. The third-order valence-corrected chi connectivity index (χ3v) is 2.25. The molecule has 70 valence electrons. The van der Waals surface area contributed by atoms with Crippen LogP contribution in [0.3, 0.4) is 0 Å². The molecule has 0 unspecified atom stereocenters. The number of aryl methyl sites for hydroxylation is 1. The zero-order chi connectivity index (χ0) is 10.0. The van der Waals surface area contributed by atoms with Crippen LogP contribution in [0.4, 0.5) is 8.78 Å². The molecule has 0 aliphatic carbocycles. The fraction of sp³-hybridized carbons (Fsp3) is 0.200. The molecule has 0 saturated heterocycles. The predicted octanol–water partition coefficient (Wildman–Crippen LogP) is 3.91. The monoisotopic (exact) mass is 200 g/mol. The van der Waals surface area contributed by atoms with Crippen LogP contribution in [0, 0.1) is 6.92 Å². The molecule has 0 aliphatic rings. The average Bonchev–Trinajstić information content (AvgIpc) is 2.08. The fourth-order valence-electron chi connectivity index (χ4n) is 0.945. The fourth-order valence-corrected chi connectivity index (χ4v) is 1.16. The normalized spacial score (nSPS) is 12.7. The SMILES string of the molecule is C/C(F)=C(\F)c1ccc(C)c(S)c1. The van der Waals surface area contributed by atoms with E-state index in [1.165, 1.54) is 12.1 Å². The second kappa shape index (κ2) is 3.92. The molecule has 0 spiro atoms. The molecule has 1 rings (SSSR count). The van der Waals surface area contributed by atoms with Crippen molar-refractivity contribution >= 4 is 18.5 Å². The van der Waals surface area contributed by atoms with Crippen molar-refractivity contribution in [1.82, 2.24) is 0 Å². The van der Waals surface area contributed by atoms with Crippen molar-refractivity contribution < 1.29 is 8.78 Å². The number of halogens is 2. The van der Waals surface area contributed by atoms with Crippen LogP contribution in [-0.2, 0) is 0 Å². The summed E-state index contributed by atoms with van der Waals surface area (Å²) in [5, 5.41) is 0. The molecule has 1 aromatic rings. The van der Waals surface area contributed by atoms with Gasteiger partial charge in [0.1, 0.15) is 5.83 Å². The first-order chi connectivity index (χ1) is 6.02. The standard InChI is InChI=1S/C10H10F2S/c1-6-3-4-8(5-9(6)13)10(12)7(2)11/h3-5,13H,1-2H3/b10-7+. The molecule has 0 radical (unpaired) electrons. The van der Waals surface area contributed by atoms with Gasteiger partial charge in [0.05, 0.1) is 0 Å². The van der Waals surface area contributed by atoms with E-state index in [2.05, 4.69) is 12.6 Å². The molecule has 0 amide bonds. The minimum atomic E-state index is -0.824. The van der Waals surface area contributed by atoms with Crippen molar-refractivity contribution in [3.8, 4) is 0 Å².